The number of hydrogen-bond donors (Lipinski definition) is 1. The highest BCUT2D eigenvalue weighted by Crippen LogP contribution is 2.25. The number of benzene rings is 2. The number of nitrogens with one attached hydrogen (secondary N) is 1. The zero-order valence-corrected chi connectivity index (χ0v) is 15.2. The van der Waals surface area contributed by atoms with Gasteiger partial charge in [0, 0.05) is 4.88 Å². The van der Waals surface area contributed by atoms with Gasteiger partial charge in [-0.05, 0) is 34.7 Å². The van der Waals surface area contributed by atoms with E-state index in [2.05, 4.69) is 5.32 Å². The molecule has 1 heterocycles. The van der Waals surface area contributed by atoms with Gasteiger partial charge in [0.25, 0.3) is 5.91 Å². The Balaban J connectivity index is 1.57. The molecular weight excluding hydrogens is 365 g/mol. The molecule has 0 bridgehead atoms. The quantitative estimate of drug-likeness (QED) is 0.630. The molecule has 3 aromatic rings. The van der Waals surface area contributed by atoms with E-state index in [4.69, 9.17) is 4.74 Å². The SMILES string of the molecule is O=C(COC(=O)Cc1cccc(F)c1)N[C@@H](c1ccccc1)c1cccs1. The molecule has 0 aliphatic carbocycles. The van der Waals surface area contributed by atoms with Crippen molar-refractivity contribution >= 4 is 23.2 Å². The van der Waals surface area contributed by atoms with Gasteiger partial charge < -0.3 is 10.1 Å². The number of carbonyl (C=O) groups excluding carboxylic acids is 2. The zero-order valence-electron chi connectivity index (χ0n) is 14.4. The van der Waals surface area contributed by atoms with E-state index < -0.39 is 17.7 Å². The van der Waals surface area contributed by atoms with Crippen molar-refractivity contribution in [2.45, 2.75) is 12.5 Å². The Kier molecular flexibility index (Phi) is 6.33. The van der Waals surface area contributed by atoms with Crippen molar-refractivity contribution in [1.29, 1.82) is 0 Å². The van der Waals surface area contributed by atoms with Crippen molar-refractivity contribution in [3.8, 4) is 0 Å². The maximum atomic E-state index is 13.2. The molecule has 1 N–H and O–H groups in total. The fourth-order valence-corrected chi connectivity index (χ4v) is 3.44. The first-order chi connectivity index (χ1) is 13.1. The molecule has 0 saturated heterocycles. The number of thiophene rings is 1. The van der Waals surface area contributed by atoms with Crippen LogP contribution in [0, 0.1) is 5.82 Å². The van der Waals surface area contributed by atoms with E-state index in [0.717, 1.165) is 10.4 Å². The lowest BCUT2D eigenvalue weighted by Crippen LogP contribution is -2.32. The first kappa shape index (κ1) is 18.8. The number of hydrogen-bond acceptors (Lipinski definition) is 4. The first-order valence-electron chi connectivity index (χ1n) is 8.39. The monoisotopic (exact) mass is 383 g/mol. The van der Waals surface area contributed by atoms with Crippen LogP contribution in [0.4, 0.5) is 4.39 Å². The van der Waals surface area contributed by atoms with Gasteiger partial charge in [-0.1, -0.05) is 48.5 Å². The summed E-state index contributed by atoms with van der Waals surface area (Å²) < 4.78 is 18.2. The Bertz CT molecular complexity index is 897. The standard InChI is InChI=1S/C21H18FNO3S/c22-17-9-4-6-15(12-17)13-20(25)26-14-19(24)23-21(18-10-5-11-27-18)16-7-2-1-3-8-16/h1-12,21H,13-14H2,(H,23,24)/t21-/m0/s1. The highest BCUT2D eigenvalue weighted by Gasteiger charge is 2.18. The van der Waals surface area contributed by atoms with Crippen molar-refractivity contribution in [2.24, 2.45) is 0 Å². The smallest absolute Gasteiger partial charge is 0.310 e. The van der Waals surface area contributed by atoms with Crippen molar-refractivity contribution < 1.29 is 18.7 Å². The van der Waals surface area contributed by atoms with Gasteiger partial charge in [0.2, 0.25) is 0 Å². The second-order valence-electron chi connectivity index (χ2n) is 5.89. The number of halogens is 1. The van der Waals surface area contributed by atoms with Crippen LogP contribution in [0.15, 0.2) is 72.1 Å². The minimum Gasteiger partial charge on any atom is -0.455 e. The van der Waals surface area contributed by atoms with E-state index in [1.165, 1.54) is 29.5 Å². The van der Waals surface area contributed by atoms with Gasteiger partial charge in [0.05, 0.1) is 12.5 Å². The normalized spacial score (nSPS) is 11.6. The third-order valence-electron chi connectivity index (χ3n) is 3.87. The summed E-state index contributed by atoms with van der Waals surface area (Å²) in [6.45, 7) is -0.386. The molecule has 4 nitrogen and oxygen atoms in total. The van der Waals surface area contributed by atoms with Gasteiger partial charge in [-0.15, -0.1) is 11.3 Å². The molecule has 6 heteroatoms. The topological polar surface area (TPSA) is 55.4 Å². The molecule has 0 aliphatic rings. The Morgan fingerprint density at radius 2 is 1.85 bits per heavy atom. The van der Waals surface area contributed by atoms with Crippen LogP contribution in [0.5, 0.6) is 0 Å². The number of carbonyl (C=O) groups is 2. The fraction of sp³-hybridized carbons (Fsp3) is 0.143. The molecule has 0 radical (unpaired) electrons. The third-order valence-corrected chi connectivity index (χ3v) is 4.80. The number of esters is 1. The molecule has 27 heavy (non-hydrogen) atoms. The lowest BCUT2D eigenvalue weighted by molar-refractivity contribution is -0.148. The predicted molar refractivity (Wildman–Crippen MR) is 102 cm³/mol. The molecule has 0 saturated carbocycles. The van der Waals surface area contributed by atoms with Gasteiger partial charge in [0.15, 0.2) is 6.61 Å². The van der Waals surface area contributed by atoms with E-state index in [0.29, 0.717) is 5.56 Å². The van der Waals surface area contributed by atoms with Crippen LogP contribution in [0.2, 0.25) is 0 Å². The van der Waals surface area contributed by atoms with E-state index in [-0.39, 0.29) is 19.1 Å². The molecule has 1 amide bonds. The molecule has 3 rings (SSSR count). The van der Waals surface area contributed by atoms with E-state index >= 15 is 0 Å². The van der Waals surface area contributed by atoms with Crippen molar-refractivity contribution in [1.82, 2.24) is 5.32 Å². The Hall–Kier alpha value is -2.99. The van der Waals surface area contributed by atoms with Gasteiger partial charge in [-0.2, -0.15) is 0 Å². The minimum absolute atomic E-state index is 0.0852. The average Bonchev–Trinajstić information content (AvgIpc) is 3.19. The van der Waals surface area contributed by atoms with Crippen LogP contribution in [-0.2, 0) is 20.7 Å². The largest absolute Gasteiger partial charge is 0.455 e. The Morgan fingerprint density at radius 3 is 2.56 bits per heavy atom. The van der Waals surface area contributed by atoms with Crippen LogP contribution in [-0.4, -0.2) is 18.5 Å². The average molecular weight is 383 g/mol. The lowest BCUT2D eigenvalue weighted by Gasteiger charge is -2.18. The molecule has 0 fully saturated rings. The summed E-state index contributed by atoms with van der Waals surface area (Å²) in [6, 6.07) is 18.9. The Morgan fingerprint density at radius 1 is 1.04 bits per heavy atom. The third kappa shape index (κ3) is 5.49. The molecule has 0 unspecified atom stereocenters. The van der Waals surface area contributed by atoms with Crippen molar-refractivity contribution in [3.05, 3.63) is 93.9 Å². The Labute approximate surface area is 160 Å². The second-order valence-corrected chi connectivity index (χ2v) is 6.87. The van der Waals surface area contributed by atoms with E-state index in [1.54, 1.807) is 6.07 Å². The van der Waals surface area contributed by atoms with E-state index in [9.17, 15) is 14.0 Å². The summed E-state index contributed by atoms with van der Waals surface area (Å²) >= 11 is 1.54. The van der Waals surface area contributed by atoms with Gasteiger partial charge >= 0.3 is 5.97 Å². The van der Waals surface area contributed by atoms with Crippen molar-refractivity contribution in [3.63, 3.8) is 0 Å². The maximum absolute atomic E-state index is 13.2. The number of amides is 1. The van der Waals surface area contributed by atoms with Crippen LogP contribution in [0.1, 0.15) is 22.0 Å². The van der Waals surface area contributed by atoms with Crippen LogP contribution in [0.25, 0.3) is 0 Å². The lowest BCUT2D eigenvalue weighted by atomic mass is 10.1. The highest BCUT2D eigenvalue weighted by molar-refractivity contribution is 7.10. The predicted octanol–water partition coefficient (Wildman–Crippen LogP) is 3.88. The van der Waals surface area contributed by atoms with Gasteiger partial charge in [-0.3, -0.25) is 9.59 Å². The van der Waals surface area contributed by atoms with Crippen LogP contribution in [0.3, 0.4) is 0 Å². The van der Waals surface area contributed by atoms with E-state index in [1.807, 2.05) is 47.8 Å². The molecule has 1 atom stereocenters. The summed E-state index contributed by atoms with van der Waals surface area (Å²) in [5.41, 5.74) is 1.44. The van der Waals surface area contributed by atoms with Gasteiger partial charge in [-0.25, -0.2) is 4.39 Å². The molecule has 138 valence electrons. The second kappa shape index (κ2) is 9.09. The summed E-state index contributed by atoms with van der Waals surface area (Å²) in [4.78, 5) is 25.2. The fourth-order valence-electron chi connectivity index (χ4n) is 2.63. The first-order valence-corrected chi connectivity index (χ1v) is 9.27. The summed E-state index contributed by atoms with van der Waals surface area (Å²) in [7, 11) is 0. The summed E-state index contributed by atoms with van der Waals surface area (Å²) in [5.74, 6) is -1.40. The minimum atomic E-state index is -0.580. The molecular formula is C21H18FNO3S. The summed E-state index contributed by atoms with van der Waals surface area (Å²) in [6.07, 6.45) is -0.0852. The summed E-state index contributed by atoms with van der Waals surface area (Å²) in [5, 5.41) is 4.84. The van der Waals surface area contributed by atoms with Crippen LogP contribution >= 0.6 is 11.3 Å². The molecule has 2 aromatic carbocycles. The number of rotatable bonds is 7. The number of ether oxygens (including phenoxy) is 1. The van der Waals surface area contributed by atoms with Crippen molar-refractivity contribution in [2.75, 3.05) is 6.61 Å². The molecule has 0 spiro atoms. The van der Waals surface area contributed by atoms with Gasteiger partial charge in [0.1, 0.15) is 5.82 Å². The molecule has 1 aromatic heterocycles. The van der Waals surface area contributed by atoms with Crippen LogP contribution < -0.4 is 5.32 Å². The highest BCUT2D eigenvalue weighted by atomic mass is 32.1. The molecule has 0 aliphatic heterocycles. The maximum Gasteiger partial charge on any atom is 0.310 e. The zero-order chi connectivity index (χ0) is 19.1.